The van der Waals surface area contributed by atoms with Crippen LogP contribution in [0.2, 0.25) is 5.02 Å². The topological polar surface area (TPSA) is 102 Å². The molecule has 0 bridgehead atoms. The third kappa shape index (κ3) is 4.74. The van der Waals surface area contributed by atoms with Crippen LogP contribution in [0, 0.1) is 17.2 Å². The van der Waals surface area contributed by atoms with Gasteiger partial charge in [0.15, 0.2) is 5.11 Å². The van der Waals surface area contributed by atoms with Crippen LogP contribution in [0.3, 0.4) is 0 Å². The molecule has 1 aliphatic rings. The average Bonchev–Trinajstić information content (AvgIpc) is 2.69. The summed E-state index contributed by atoms with van der Waals surface area (Å²) in [4.78, 5) is 38.9. The highest BCUT2D eigenvalue weighted by atomic mass is 79.9. The Kier molecular flexibility index (Phi) is 6.62. The van der Waals surface area contributed by atoms with Crippen molar-refractivity contribution in [2.24, 2.45) is 5.92 Å². The molecule has 1 heterocycles. The summed E-state index contributed by atoms with van der Waals surface area (Å²) in [5, 5.41) is 14.7. The molecular formula is C20H12BrClN4O3S. The van der Waals surface area contributed by atoms with E-state index in [0.717, 1.165) is 15.4 Å². The van der Waals surface area contributed by atoms with Gasteiger partial charge in [-0.25, -0.2) is 0 Å². The predicted molar refractivity (Wildman–Crippen MR) is 120 cm³/mol. The van der Waals surface area contributed by atoms with Gasteiger partial charge in [-0.2, -0.15) is 5.26 Å². The maximum Gasteiger partial charge on any atom is 0.266 e. The van der Waals surface area contributed by atoms with Crippen molar-refractivity contribution in [3.63, 3.8) is 0 Å². The molecule has 10 heteroatoms. The van der Waals surface area contributed by atoms with E-state index >= 15 is 0 Å². The SMILES string of the molecule is N#C/C(=C/[C@H]1C(=O)NC(=S)N(c2ccc(Cl)cc2)C1=O)C(=O)Nc1cccc(Br)c1. The van der Waals surface area contributed by atoms with E-state index in [1.54, 1.807) is 54.6 Å². The van der Waals surface area contributed by atoms with Crippen LogP contribution in [0.5, 0.6) is 0 Å². The Balaban J connectivity index is 1.88. The highest BCUT2D eigenvalue weighted by Gasteiger charge is 2.38. The van der Waals surface area contributed by atoms with Crippen molar-refractivity contribution >= 4 is 74.0 Å². The number of carbonyl (C=O) groups is 3. The maximum absolute atomic E-state index is 13.0. The van der Waals surface area contributed by atoms with E-state index in [9.17, 15) is 19.6 Å². The third-order valence-electron chi connectivity index (χ3n) is 4.07. The molecule has 0 unspecified atom stereocenters. The Morgan fingerprint density at radius 3 is 2.60 bits per heavy atom. The lowest BCUT2D eigenvalue weighted by molar-refractivity contribution is -0.131. The zero-order valence-corrected chi connectivity index (χ0v) is 18.2. The second kappa shape index (κ2) is 9.17. The Morgan fingerprint density at radius 1 is 1.27 bits per heavy atom. The van der Waals surface area contributed by atoms with Gasteiger partial charge in [0.05, 0.1) is 5.69 Å². The number of thiocarbonyl (C=S) groups is 1. The lowest BCUT2D eigenvalue weighted by Crippen LogP contribution is -2.57. The van der Waals surface area contributed by atoms with Gasteiger partial charge in [-0.15, -0.1) is 0 Å². The summed E-state index contributed by atoms with van der Waals surface area (Å²) in [6.07, 6.45) is 1.02. The number of hydrogen-bond donors (Lipinski definition) is 2. The molecule has 1 aliphatic heterocycles. The zero-order chi connectivity index (χ0) is 21.8. The van der Waals surface area contributed by atoms with E-state index in [0.29, 0.717) is 16.4 Å². The van der Waals surface area contributed by atoms with Crippen molar-refractivity contribution in [1.82, 2.24) is 5.32 Å². The number of benzene rings is 2. The smallest absolute Gasteiger partial charge is 0.266 e. The number of rotatable bonds is 4. The first-order valence-corrected chi connectivity index (χ1v) is 10.0. The summed E-state index contributed by atoms with van der Waals surface area (Å²) in [5.41, 5.74) is 0.455. The Morgan fingerprint density at radius 2 is 1.97 bits per heavy atom. The van der Waals surface area contributed by atoms with Crippen molar-refractivity contribution < 1.29 is 14.4 Å². The molecule has 1 saturated heterocycles. The Bertz CT molecular complexity index is 1130. The van der Waals surface area contributed by atoms with E-state index in [2.05, 4.69) is 26.6 Å². The van der Waals surface area contributed by atoms with Gasteiger partial charge in [0, 0.05) is 15.2 Å². The van der Waals surface area contributed by atoms with Gasteiger partial charge in [-0.1, -0.05) is 33.6 Å². The molecular weight excluding hydrogens is 492 g/mol. The normalized spacial score (nSPS) is 16.7. The van der Waals surface area contributed by atoms with Crippen LogP contribution in [-0.4, -0.2) is 22.8 Å². The van der Waals surface area contributed by atoms with Crippen LogP contribution in [0.15, 0.2) is 64.7 Å². The number of carbonyl (C=O) groups excluding carboxylic acids is 3. The number of nitrogens with zero attached hydrogens (tertiary/aromatic N) is 2. The summed E-state index contributed by atoms with van der Waals surface area (Å²) in [6.45, 7) is 0. The van der Waals surface area contributed by atoms with Gasteiger partial charge in [-0.3, -0.25) is 19.3 Å². The van der Waals surface area contributed by atoms with Gasteiger partial charge in [0.2, 0.25) is 11.8 Å². The lowest BCUT2D eigenvalue weighted by Gasteiger charge is -2.31. The molecule has 1 atom stereocenters. The Hall–Kier alpha value is -3.06. The molecule has 0 saturated carbocycles. The van der Waals surface area contributed by atoms with E-state index in [-0.39, 0.29) is 10.7 Å². The van der Waals surface area contributed by atoms with Gasteiger partial charge in [0.1, 0.15) is 17.6 Å². The maximum atomic E-state index is 13.0. The first kappa shape index (κ1) is 21.6. The second-order valence-corrected chi connectivity index (χ2v) is 7.82. The number of anilines is 2. The number of nitrogens with one attached hydrogen (secondary N) is 2. The quantitative estimate of drug-likeness (QED) is 0.287. The van der Waals surface area contributed by atoms with E-state index in [4.69, 9.17) is 23.8 Å². The van der Waals surface area contributed by atoms with E-state index < -0.39 is 23.6 Å². The minimum absolute atomic E-state index is 0.103. The van der Waals surface area contributed by atoms with Gasteiger partial charge in [-0.05, 0) is 60.8 Å². The second-order valence-electron chi connectivity index (χ2n) is 6.08. The highest BCUT2D eigenvalue weighted by Crippen LogP contribution is 2.24. The monoisotopic (exact) mass is 502 g/mol. The molecule has 2 N–H and O–H groups in total. The summed E-state index contributed by atoms with van der Waals surface area (Å²) in [5.74, 6) is -3.56. The van der Waals surface area contributed by atoms with Crippen LogP contribution in [0.4, 0.5) is 11.4 Å². The molecule has 0 aromatic heterocycles. The fourth-order valence-electron chi connectivity index (χ4n) is 2.67. The van der Waals surface area contributed by atoms with Gasteiger partial charge >= 0.3 is 0 Å². The van der Waals surface area contributed by atoms with Gasteiger partial charge < -0.3 is 10.6 Å². The summed E-state index contributed by atoms with van der Waals surface area (Å²) < 4.78 is 0.733. The van der Waals surface area contributed by atoms with Crippen molar-refractivity contribution in [2.45, 2.75) is 0 Å². The highest BCUT2D eigenvalue weighted by molar-refractivity contribution is 9.10. The van der Waals surface area contributed by atoms with Crippen LogP contribution in [0.25, 0.3) is 0 Å². The van der Waals surface area contributed by atoms with Crippen molar-refractivity contribution in [3.8, 4) is 6.07 Å². The third-order valence-corrected chi connectivity index (χ3v) is 5.10. The van der Waals surface area contributed by atoms with Gasteiger partial charge in [0.25, 0.3) is 5.91 Å². The molecule has 1 fully saturated rings. The molecule has 0 spiro atoms. The van der Waals surface area contributed by atoms with Crippen LogP contribution < -0.4 is 15.5 Å². The molecule has 0 radical (unpaired) electrons. The fraction of sp³-hybridized carbons (Fsp3) is 0.0500. The predicted octanol–water partition coefficient (Wildman–Crippen LogP) is 3.56. The Labute approximate surface area is 190 Å². The lowest BCUT2D eigenvalue weighted by atomic mass is 10.0. The van der Waals surface area contributed by atoms with Crippen LogP contribution >= 0.6 is 39.7 Å². The molecule has 2 aromatic rings. The summed E-state index contributed by atoms with van der Waals surface area (Å²) >= 11 is 14.3. The number of hydrogen-bond acceptors (Lipinski definition) is 5. The first-order chi connectivity index (χ1) is 14.3. The summed E-state index contributed by atoms with van der Waals surface area (Å²) in [6, 6.07) is 14.8. The molecule has 150 valence electrons. The summed E-state index contributed by atoms with van der Waals surface area (Å²) in [7, 11) is 0. The van der Waals surface area contributed by atoms with Crippen LogP contribution in [-0.2, 0) is 14.4 Å². The molecule has 3 rings (SSSR count). The number of nitriles is 1. The molecule has 2 aromatic carbocycles. The van der Waals surface area contributed by atoms with E-state index in [1.807, 2.05) is 0 Å². The van der Waals surface area contributed by atoms with Crippen molar-refractivity contribution in [2.75, 3.05) is 10.2 Å². The van der Waals surface area contributed by atoms with Crippen molar-refractivity contribution in [3.05, 3.63) is 69.7 Å². The van der Waals surface area contributed by atoms with Crippen molar-refractivity contribution in [1.29, 1.82) is 5.26 Å². The first-order valence-electron chi connectivity index (χ1n) is 8.43. The standard InChI is InChI=1S/C20H12BrClN4O3S/c21-12-2-1-3-14(9-12)24-17(27)11(10-23)8-16-18(28)25-20(30)26(19(16)29)15-6-4-13(22)5-7-15/h1-9,16H,(H,24,27)(H,25,28,30)/b11-8-/t16-/m0/s1. The van der Waals surface area contributed by atoms with Crippen LogP contribution in [0.1, 0.15) is 0 Å². The molecule has 30 heavy (non-hydrogen) atoms. The number of amides is 3. The minimum atomic E-state index is -1.41. The largest absolute Gasteiger partial charge is 0.321 e. The molecule has 7 nitrogen and oxygen atoms in total. The molecule has 3 amide bonds. The zero-order valence-electron chi connectivity index (χ0n) is 15.1. The van der Waals surface area contributed by atoms with E-state index in [1.165, 1.54) is 0 Å². The minimum Gasteiger partial charge on any atom is -0.321 e. The number of halogens is 2. The fourth-order valence-corrected chi connectivity index (χ4v) is 3.49. The molecule has 0 aliphatic carbocycles. The average molecular weight is 504 g/mol.